The Morgan fingerprint density at radius 3 is 2.27 bits per heavy atom. The Morgan fingerprint density at radius 2 is 1.60 bits per heavy atom. The van der Waals surface area contributed by atoms with Crippen LogP contribution >= 0.6 is 0 Å². The number of hydrogen-bond acceptors (Lipinski definition) is 1. The molecule has 0 aromatic carbocycles. The fraction of sp³-hybridized carbons (Fsp3) is 1.00. The molecule has 1 heteroatoms. The Balaban J connectivity index is 1.90. The molecule has 0 heterocycles. The van der Waals surface area contributed by atoms with E-state index in [1.165, 1.54) is 57.8 Å². The van der Waals surface area contributed by atoms with Crippen LogP contribution < -0.4 is 5.73 Å². The van der Waals surface area contributed by atoms with Crippen molar-refractivity contribution in [2.45, 2.75) is 70.8 Å². The predicted octanol–water partition coefficient (Wildman–Crippen LogP) is 3.72. The zero-order valence-electron chi connectivity index (χ0n) is 10.3. The first kappa shape index (κ1) is 11.4. The van der Waals surface area contributed by atoms with Crippen LogP contribution in [0.25, 0.3) is 0 Å². The van der Waals surface area contributed by atoms with Gasteiger partial charge in [-0.3, -0.25) is 0 Å². The van der Waals surface area contributed by atoms with Crippen molar-refractivity contribution in [3.05, 3.63) is 0 Å². The summed E-state index contributed by atoms with van der Waals surface area (Å²) in [7, 11) is 0. The van der Waals surface area contributed by atoms with Gasteiger partial charge in [0.25, 0.3) is 0 Å². The lowest BCUT2D eigenvalue weighted by atomic mass is 9.67. The van der Waals surface area contributed by atoms with Crippen LogP contribution in [0, 0.1) is 17.8 Å². The van der Waals surface area contributed by atoms with Crippen LogP contribution in [0.5, 0.6) is 0 Å². The molecule has 0 spiro atoms. The molecule has 0 saturated heterocycles. The molecule has 88 valence electrons. The average molecular weight is 209 g/mol. The van der Waals surface area contributed by atoms with Crippen molar-refractivity contribution in [2.24, 2.45) is 23.5 Å². The molecule has 2 atom stereocenters. The van der Waals surface area contributed by atoms with Crippen molar-refractivity contribution in [2.75, 3.05) is 0 Å². The van der Waals surface area contributed by atoms with E-state index in [0.717, 1.165) is 17.8 Å². The van der Waals surface area contributed by atoms with Gasteiger partial charge >= 0.3 is 0 Å². The molecular formula is C14H27N. The zero-order chi connectivity index (χ0) is 10.7. The van der Waals surface area contributed by atoms with E-state index in [0.29, 0.717) is 6.04 Å². The third kappa shape index (κ3) is 2.75. The number of nitrogens with two attached hydrogens (primary N) is 1. The van der Waals surface area contributed by atoms with Crippen LogP contribution in [-0.2, 0) is 0 Å². The van der Waals surface area contributed by atoms with Crippen molar-refractivity contribution < 1.29 is 0 Å². The van der Waals surface area contributed by atoms with E-state index in [1.807, 2.05) is 0 Å². The minimum absolute atomic E-state index is 0.518. The summed E-state index contributed by atoms with van der Waals surface area (Å²) >= 11 is 0. The molecule has 0 aliphatic heterocycles. The molecule has 2 N–H and O–H groups in total. The van der Waals surface area contributed by atoms with Gasteiger partial charge in [0, 0.05) is 6.04 Å². The Bertz CT molecular complexity index is 182. The van der Waals surface area contributed by atoms with Gasteiger partial charge in [0.15, 0.2) is 0 Å². The first-order valence-corrected chi connectivity index (χ1v) is 7.06. The third-order valence-corrected chi connectivity index (χ3v) is 4.91. The highest BCUT2D eigenvalue weighted by Crippen LogP contribution is 2.42. The molecule has 0 bridgehead atoms. The lowest BCUT2D eigenvalue weighted by molar-refractivity contribution is 0.121. The number of hydrogen-bond donors (Lipinski definition) is 1. The maximum absolute atomic E-state index is 5.99. The fourth-order valence-corrected chi connectivity index (χ4v) is 3.94. The lowest BCUT2D eigenvalue weighted by Crippen LogP contribution is -2.33. The summed E-state index contributed by atoms with van der Waals surface area (Å²) in [5, 5.41) is 0. The highest BCUT2D eigenvalue weighted by Gasteiger charge is 2.32. The quantitative estimate of drug-likeness (QED) is 0.737. The maximum Gasteiger partial charge on any atom is 0.00390 e. The van der Waals surface area contributed by atoms with E-state index in [2.05, 4.69) is 6.92 Å². The van der Waals surface area contributed by atoms with E-state index in [9.17, 15) is 0 Å². The van der Waals surface area contributed by atoms with Crippen LogP contribution in [0.3, 0.4) is 0 Å². The highest BCUT2D eigenvalue weighted by atomic mass is 14.6. The molecule has 2 fully saturated rings. The van der Waals surface area contributed by atoms with E-state index < -0.39 is 0 Å². The largest absolute Gasteiger partial charge is 0.328 e. The van der Waals surface area contributed by atoms with E-state index in [4.69, 9.17) is 5.73 Å². The molecule has 2 aliphatic carbocycles. The molecule has 2 rings (SSSR count). The summed E-state index contributed by atoms with van der Waals surface area (Å²) in [6.07, 6.45) is 12.8. The molecule has 2 unspecified atom stereocenters. The third-order valence-electron chi connectivity index (χ3n) is 4.91. The van der Waals surface area contributed by atoms with Crippen molar-refractivity contribution in [3.8, 4) is 0 Å². The van der Waals surface area contributed by atoms with Crippen LogP contribution in [-0.4, -0.2) is 6.04 Å². The zero-order valence-corrected chi connectivity index (χ0v) is 10.3. The van der Waals surface area contributed by atoms with Gasteiger partial charge in [-0.1, -0.05) is 32.6 Å². The monoisotopic (exact) mass is 209 g/mol. The van der Waals surface area contributed by atoms with Crippen molar-refractivity contribution in [1.82, 2.24) is 0 Å². The Hall–Kier alpha value is -0.0400. The molecule has 0 amide bonds. The summed E-state index contributed by atoms with van der Waals surface area (Å²) in [4.78, 5) is 0. The highest BCUT2D eigenvalue weighted by molar-refractivity contribution is 4.84. The first-order valence-electron chi connectivity index (χ1n) is 7.06. The minimum atomic E-state index is 0.518. The van der Waals surface area contributed by atoms with E-state index in [-0.39, 0.29) is 0 Å². The first-order chi connectivity index (χ1) is 7.31. The lowest BCUT2D eigenvalue weighted by Gasteiger charge is -2.39. The second kappa shape index (κ2) is 5.34. The van der Waals surface area contributed by atoms with Crippen molar-refractivity contribution >= 4 is 0 Å². The van der Waals surface area contributed by atoms with Crippen LogP contribution in [0.15, 0.2) is 0 Å². The van der Waals surface area contributed by atoms with E-state index in [1.54, 1.807) is 0 Å². The fourth-order valence-electron chi connectivity index (χ4n) is 3.94. The van der Waals surface area contributed by atoms with Crippen LogP contribution in [0.1, 0.15) is 64.7 Å². The van der Waals surface area contributed by atoms with Gasteiger partial charge in [0.1, 0.15) is 0 Å². The van der Waals surface area contributed by atoms with Crippen molar-refractivity contribution in [1.29, 1.82) is 0 Å². The molecule has 1 nitrogen and oxygen atoms in total. The second-order valence-corrected chi connectivity index (χ2v) is 5.79. The minimum Gasteiger partial charge on any atom is -0.328 e. The summed E-state index contributed by atoms with van der Waals surface area (Å²) in [5.41, 5.74) is 5.99. The maximum atomic E-state index is 5.99. The Kier molecular flexibility index (Phi) is 4.07. The molecule has 2 aliphatic rings. The standard InChI is InChI=1S/C14H27N/c1-2-11-5-3-4-6-14(11)12-7-9-13(15)10-8-12/h11-14H,2-10,15H2,1H3. The summed E-state index contributed by atoms with van der Waals surface area (Å²) in [6, 6.07) is 0.518. The van der Waals surface area contributed by atoms with Gasteiger partial charge in [-0.15, -0.1) is 0 Å². The summed E-state index contributed by atoms with van der Waals surface area (Å²) in [6.45, 7) is 2.39. The predicted molar refractivity (Wildman–Crippen MR) is 65.7 cm³/mol. The van der Waals surface area contributed by atoms with Gasteiger partial charge < -0.3 is 5.73 Å². The number of rotatable bonds is 2. The summed E-state index contributed by atoms with van der Waals surface area (Å²) < 4.78 is 0. The summed E-state index contributed by atoms with van der Waals surface area (Å²) in [5.74, 6) is 3.12. The van der Waals surface area contributed by atoms with Crippen molar-refractivity contribution in [3.63, 3.8) is 0 Å². The van der Waals surface area contributed by atoms with Gasteiger partial charge in [0.05, 0.1) is 0 Å². The van der Waals surface area contributed by atoms with Gasteiger partial charge in [-0.2, -0.15) is 0 Å². The molecule has 2 saturated carbocycles. The van der Waals surface area contributed by atoms with E-state index >= 15 is 0 Å². The smallest absolute Gasteiger partial charge is 0.00390 e. The second-order valence-electron chi connectivity index (χ2n) is 5.79. The van der Waals surface area contributed by atoms with Gasteiger partial charge in [0.2, 0.25) is 0 Å². The molecule has 0 radical (unpaired) electrons. The van der Waals surface area contributed by atoms with Gasteiger partial charge in [-0.05, 0) is 49.9 Å². The molecule has 15 heavy (non-hydrogen) atoms. The Labute approximate surface area is 94.8 Å². The normalized spacial score (nSPS) is 42.8. The topological polar surface area (TPSA) is 26.0 Å². The average Bonchev–Trinajstić information content (AvgIpc) is 2.30. The molecular weight excluding hydrogens is 182 g/mol. The molecule has 0 aromatic heterocycles. The van der Waals surface area contributed by atoms with Crippen LogP contribution in [0.4, 0.5) is 0 Å². The van der Waals surface area contributed by atoms with Gasteiger partial charge in [-0.25, -0.2) is 0 Å². The molecule has 0 aromatic rings. The Morgan fingerprint density at radius 1 is 0.933 bits per heavy atom. The van der Waals surface area contributed by atoms with Crippen LogP contribution in [0.2, 0.25) is 0 Å². The SMILES string of the molecule is CCC1CCCCC1C1CCC(N)CC1.